The number of aromatic nitrogens is 2. The van der Waals surface area contributed by atoms with E-state index in [0.29, 0.717) is 5.56 Å². The van der Waals surface area contributed by atoms with Crippen molar-refractivity contribution in [2.75, 3.05) is 0 Å². The molecule has 5 rings (SSSR count). The second-order valence-electron chi connectivity index (χ2n) is 8.58. The molecule has 0 unspecified atom stereocenters. The molecule has 29 heavy (non-hydrogen) atoms. The number of hydrogen-bond donors (Lipinski definition) is 0. The van der Waals surface area contributed by atoms with Gasteiger partial charge in [-0.25, -0.2) is 0 Å². The minimum Gasteiger partial charge on any atom is -0.171 e. The second-order valence-corrected chi connectivity index (χ2v) is 8.58. The SMILES string of the molecule is Cc1cc2cccc3c4cc(CC(C)(C)C(F)(F)F)cc5cnnc(c(c1)c23)c54. The number of hydrogen-bond acceptors (Lipinski definition) is 2. The van der Waals surface area contributed by atoms with E-state index in [2.05, 4.69) is 28.4 Å². The molecule has 1 aromatic heterocycles. The first-order valence-corrected chi connectivity index (χ1v) is 9.55. The first kappa shape index (κ1) is 18.1. The van der Waals surface area contributed by atoms with E-state index in [1.54, 1.807) is 6.20 Å². The third-order valence-corrected chi connectivity index (χ3v) is 5.90. The average molecular weight is 392 g/mol. The van der Waals surface area contributed by atoms with Crippen LogP contribution in [0.5, 0.6) is 0 Å². The van der Waals surface area contributed by atoms with Crippen LogP contribution in [0.2, 0.25) is 0 Å². The molecule has 0 radical (unpaired) electrons. The van der Waals surface area contributed by atoms with E-state index >= 15 is 0 Å². The van der Waals surface area contributed by atoms with Gasteiger partial charge in [0.05, 0.1) is 11.6 Å². The van der Waals surface area contributed by atoms with Crippen LogP contribution in [0.4, 0.5) is 13.2 Å². The summed E-state index contributed by atoms with van der Waals surface area (Å²) in [5.74, 6) is 0. The number of fused-ring (bicyclic) bond motifs is 2. The van der Waals surface area contributed by atoms with Crippen LogP contribution in [0.25, 0.3) is 43.2 Å². The number of nitrogens with zero attached hydrogens (tertiary/aromatic N) is 2. The Labute approximate surface area is 165 Å². The number of alkyl halides is 3. The lowest BCUT2D eigenvalue weighted by atomic mass is 9.83. The van der Waals surface area contributed by atoms with Crippen LogP contribution < -0.4 is 0 Å². The van der Waals surface area contributed by atoms with Gasteiger partial charge in [0.15, 0.2) is 0 Å². The summed E-state index contributed by atoms with van der Waals surface area (Å²) in [7, 11) is 0. The molecule has 1 heterocycles. The van der Waals surface area contributed by atoms with Crippen molar-refractivity contribution in [2.24, 2.45) is 5.41 Å². The first-order valence-electron chi connectivity index (χ1n) is 9.55. The van der Waals surface area contributed by atoms with Gasteiger partial charge < -0.3 is 0 Å². The molecule has 0 saturated heterocycles. The molecule has 0 spiro atoms. The van der Waals surface area contributed by atoms with Crippen LogP contribution in [0.1, 0.15) is 25.0 Å². The zero-order chi connectivity index (χ0) is 20.6. The standard InChI is InChI=1S/C24H19F3N2/c1-13-7-15-5-4-6-17-18-10-14(11-23(2,3)24(25,26)27)9-16-12-28-29-22(21(16)18)19(8-13)20(15)17/h4-10,12H,11H2,1-3H3. The molecule has 4 aromatic carbocycles. The van der Waals surface area contributed by atoms with E-state index in [1.165, 1.54) is 13.8 Å². The van der Waals surface area contributed by atoms with Crippen molar-refractivity contribution in [2.45, 2.75) is 33.4 Å². The zero-order valence-electron chi connectivity index (χ0n) is 16.4. The van der Waals surface area contributed by atoms with Crippen LogP contribution in [-0.4, -0.2) is 16.4 Å². The largest absolute Gasteiger partial charge is 0.394 e. The summed E-state index contributed by atoms with van der Waals surface area (Å²) >= 11 is 0. The molecule has 0 N–H and O–H groups in total. The molecular formula is C24H19F3N2. The molecule has 2 nitrogen and oxygen atoms in total. The molecule has 0 aliphatic carbocycles. The fraction of sp³-hybridized carbons (Fsp3) is 0.250. The average Bonchev–Trinajstić information content (AvgIpc) is 2.63. The normalized spacial score (nSPS) is 13.3. The third kappa shape index (κ3) is 2.64. The van der Waals surface area contributed by atoms with E-state index in [0.717, 1.165) is 48.8 Å². The van der Waals surface area contributed by atoms with E-state index in [1.807, 2.05) is 31.2 Å². The minimum atomic E-state index is -4.27. The van der Waals surface area contributed by atoms with Gasteiger partial charge in [0.1, 0.15) is 5.52 Å². The molecule has 0 fully saturated rings. The molecule has 146 valence electrons. The quantitative estimate of drug-likeness (QED) is 0.240. The van der Waals surface area contributed by atoms with Crippen molar-refractivity contribution in [3.05, 3.63) is 59.8 Å². The van der Waals surface area contributed by atoms with E-state index in [9.17, 15) is 13.2 Å². The zero-order valence-corrected chi connectivity index (χ0v) is 16.4. The van der Waals surface area contributed by atoms with Crippen LogP contribution >= 0.6 is 0 Å². The number of benzene rings is 4. The van der Waals surface area contributed by atoms with Crippen molar-refractivity contribution in [3.8, 4) is 0 Å². The lowest BCUT2D eigenvalue weighted by Crippen LogP contribution is -2.34. The van der Waals surface area contributed by atoms with Gasteiger partial charge in [-0.15, -0.1) is 5.10 Å². The maximum atomic E-state index is 13.5. The Morgan fingerprint density at radius 3 is 2.41 bits per heavy atom. The van der Waals surface area contributed by atoms with Gasteiger partial charge in [0.25, 0.3) is 0 Å². The third-order valence-electron chi connectivity index (χ3n) is 5.90. The van der Waals surface area contributed by atoms with Crippen LogP contribution in [0, 0.1) is 12.3 Å². The molecule has 0 saturated carbocycles. The van der Waals surface area contributed by atoms with Crippen molar-refractivity contribution in [1.82, 2.24) is 10.2 Å². The molecule has 0 aliphatic rings. The van der Waals surface area contributed by atoms with E-state index in [-0.39, 0.29) is 6.42 Å². The highest BCUT2D eigenvalue weighted by atomic mass is 19.4. The fourth-order valence-corrected chi connectivity index (χ4v) is 4.39. The van der Waals surface area contributed by atoms with Gasteiger partial charge in [-0.05, 0) is 58.1 Å². The maximum Gasteiger partial charge on any atom is 0.394 e. The Hall–Kier alpha value is -2.95. The summed E-state index contributed by atoms with van der Waals surface area (Å²) in [6, 6.07) is 14.1. The number of aryl methyl sites for hydroxylation is 1. The summed E-state index contributed by atoms with van der Waals surface area (Å²) in [5, 5.41) is 15.5. The highest BCUT2D eigenvalue weighted by molar-refractivity contribution is 6.31. The molecular weight excluding hydrogens is 373 g/mol. The lowest BCUT2D eigenvalue weighted by Gasteiger charge is -2.28. The van der Waals surface area contributed by atoms with Gasteiger partial charge in [-0.2, -0.15) is 18.3 Å². The summed E-state index contributed by atoms with van der Waals surface area (Å²) < 4.78 is 40.5. The van der Waals surface area contributed by atoms with E-state index < -0.39 is 11.6 Å². The van der Waals surface area contributed by atoms with Crippen molar-refractivity contribution >= 4 is 43.2 Å². The molecule has 0 bridgehead atoms. The number of rotatable bonds is 2. The summed E-state index contributed by atoms with van der Waals surface area (Å²) in [5.41, 5.74) is 0.773. The molecule has 0 amide bonds. The summed E-state index contributed by atoms with van der Waals surface area (Å²) in [6.45, 7) is 4.55. The maximum absolute atomic E-state index is 13.5. The van der Waals surface area contributed by atoms with Crippen LogP contribution in [-0.2, 0) is 6.42 Å². The van der Waals surface area contributed by atoms with Gasteiger partial charge in [0.2, 0.25) is 0 Å². The molecule has 0 atom stereocenters. The highest BCUT2D eigenvalue weighted by Crippen LogP contribution is 2.43. The summed E-state index contributed by atoms with van der Waals surface area (Å²) in [6.07, 6.45) is -2.72. The summed E-state index contributed by atoms with van der Waals surface area (Å²) in [4.78, 5) is 0. The Kier molecular flexibility index (Phi) is 3.61. The highest BCUT2D eigenvalue weighted by Gasteiger charge is 2.47. The second kappa shape index (κ2) is 5.78. The monoisotopic (exact) mass is 392 g/mol. The Bertz CT molecular complexity index is 1400. The van der Waals surface area contributed by atoms with Gasteiger partial charge in [0, 0.05) is 16.2 Å². The van der Waals surface area contributed by atoms with Crippen molar-refractivity contribution in [3.63, 3.8) is 0 Å². The molecule has 0 aliphatic heterocycles. The van der Waals surface area contributed by atoms with Crippen molar-refractivity contribution in [1.29, 1.82) is 0 Å². The smallest absolute Gasteiger partial charge is 0.171 e. The van der Waals surface area contributed by atoms with Gasteiger partial charge in [-0.3, -0.25) is 0 Å². The lowest BCUT2D eigenvalue weighted by molar-refractivity contribution is -0.211. The topological polar surface area (TPSA) is 25.8 Å². The Morgan fingerprint density at radius 1 is 0.862 bits per heavy atom. The molecule has 5 aromatic rings. The Morgan fingerprint density at radius 2 is 1.66 bits per heavy atom. The van der Waals surface area contributed by atoms with Crippen molar-refractivity contribution < 1.29 is 13.2 Å². The number of halogens is 3. The van der Waals surface area contributed by atoms with Gasteiger partial charge >= 0.3 is 6.18 Å². The van der Waals surface area contributed by atoms with E-state index in [4.69, 9.17) is 0 Å². The van der Waals surface area contributed by atoms with Gasteiger partial charge in [-0.1, -0.05) is 44.2 Å². The predicted molar refractivity (Wildman–Crippen MR) is 112 cm³/mol. The predicted octanol–water partition coefficient (Wildman–Crippen LogP) is 6.97. The van der Waals surface area contributed by atoms with Crippen LogP contribution in [0.3, 0.4) is 0 Å². The van der Waals surface area contributed by atoms with Crippen LogP contribution in [0.15, 0.2) is 48.7 Å². The first-order chi connectivity index (χ1) is 13.7. The molecule has 5 heteroatoms. The fourth-order valence-electron chi connectivity index (χ4n) is 4.39. The minimum absolute atomic E-state index is 0.0895. The Balaban J connectivity index is 1.91.